The minimum absolute atomic E-state index is 0.0218. The molecule has 0 spiro atoms. The van der Waals surface area contributed by atoms with Gasteiger partial charge in [0, 0.05) is 22.8 Å². The molecule has 4 aromatic rings. The van der Waals surface area contributed by atoms with E-state index in [1.54, 1.807) is 16.8 Å². The maximum absolute atomic E-state index is 13.3. The number of hydrogen-bond acceptors (Lipinski definition) is 3. The monoisotopic (exact) mass is 446 g/mol. The molecule has 4 rings (SSSR count). The summed E-state index contributed by atoms with van der Waals surface area (Å²) in [4.78, 5) is 13.0. The zero-order valence-electron chi connectivity index (χ0n) is 18.4. The summed E-state index contributed by atoms with van der Waals surface area (Å²) in [5.41, 5.74) is 5.40. The molecule has 1 aromatic heterocycles. The van der Waals surface area contributed by atoms with E-state index >= 15 is 0 Å². The third-order valence-electron chi connectivity index (χ3n) is 5.76. The van der Waals surface area contributed by atoms with Crippen molar-refractivity contribution in [1.82, 2.24) is 4.57 Å². The first-order chi connectivity index (χ1) is 15.2. The largest absolute Gasteiger partial charge is 0.337 e. The first-order valence-corrected chi connectivity index (χ1v) is 12.1. The minimum atomic E-state index is -3.59. The number of aryl methyl sites for hydroxylation is 2. The lowest BCUT2D eigenvalue weighted by molar-refractivity contribution is -0.116. The number of anilines is 1. The molecule has 3 aromatic carbocycles. The van der Waals surface area contributed by atoms with Crippen LogP contribution in [-0.2, 0) is 26.9 Å². The predicted molar refractivity (Wildman–Crippen MR) is 129 cm³/mol. The highest BCUT2D eigenvalue weighted by Crippen LogP contribution is 2.28. The molecule has 0 atom stereocenters. The van der Waals surface area contributed by atoms with Gasteiger partial charge in [0.05, 0.1) is 10.6 Å². The molecule has 1 N–H and O–H groups in total. The van der Waals surface area contributed by atoms with Crippen molar-refractivity contribution in [3.8, 4) is 0 Å². The number of hydrogen-bond donors (Lipinski definition) is 1. The molecule has 6 heteroatoms. The second kappa shape index (κ2) is 8.63. The second-order valence-corrected chi connectivity index (χ2v) is 10.1. The molecule has 0 aliphatic carbocycles. The number of benzene rings is 3. The molecule has 0 unspecified atom stereocenters. The van der Waals surface area contributed by atoms with E-state index in [1.165, 1.54) is 0 Å². The lowest BCUT2D eigenvalue weighted by Gasteiger charge is -2.11. The molecule has 1 heterocycles. The SMILES string of the molecule is Cc1ccc(CS(=O)(=O)c2cn(CC(=O)Nc3cccc(C)c3C)c3ccccc23)cc1. The Morgan fingerprint density at radius 2 is 1.62 bits per heavy atom. The molecule has 1 amide bonds. The van der Waals surface area contributed by atoms with Crippen LogP contribution < -0.4 is 5.32 Å². The first kappa shape index (κ1) is 21.8. The number of nitrogens with zero attached hydrogens (tertiary/aromatic N) is 1. The summed E-state index contributed by atoms with van der Waals surface area (Å²) in [6.45, 7) is 5.95. The van der Waals surface area contributed by atoms with Crippen LogP contribution in [0.1, 0.15) is 22.3 Å². The van der Waals surface area contributed by atoms with Crippen LogP contribution in [0, 0.1) is 20.8 Å². The number of sulfone groups is 1. The fraction of sp³-hybridized carbons (Fsp3) is 0.192. The summed E-state index contributed by atoms with van der Waals surface area (Å²) in [5.74, 6) is -0.294. The first-order valence-electron chi connectivity index (χ1n) is 10.5. The number of fused-ring (bicyclic) bond motifs is 1. The Morgan fingerprint density at radius 3 is 2.38 bits per heavy atom. The van der Waals surface area contributed by atoms with E-state index in [4.69, 9.17) is 0 Å². The summed E-state index contributed by atoms with van der Waals surface area (Å²) in [5, 5.41) is 3.57. The maximum atomic E-state index is 13.3. The van der Waals surface area contributed by atoms with Gasteiger partial charge in [-0.1, -0.05) is 60.2 Å². The topological polar surface area (TPSA) is 68.2 Å². The van der Waals surface area contributed by atoms with Gasteiger partial charge in [0.1, 0.15) is 6.54 Å². The Morgan fingerprint density at radius 1 is 0.906 bits per heavy atom. The van der Waals surface area contributed by atoms with Gasteiger partial charge in [-0.05, 0) is 49.6 Å². The number of nitrogens with one attached hydrogen (secondary N) is 1. The van der Waals surface area contributed by atoms with E-state index in [0.717, 1.165) is 27.9 Å². The Kier molecular flexibility index (Phi) is 5.89. The summed E-state index contributed by atoms with van der Waals surface area (Å²) < 4.78 is 28.2. The lowest BCUT2D eigenvalue weighted by Crippen LogP contribution is -2.19. The van der Waals surface area contributed by atoms with Crippen LogP contribution in [0.15, 0.2) is 77.8 Å². The predicted octanol–water partition coefficient (Wildman–Crippen LogP) is 5.18. The summed E-state index contributed by atoms with van der Waals surface area (Å²) in [6, 6.07) is 20.5. The van der Waals surface area contributed by atoms with Gasteiger partial charge < -0.3 is 9.88 Å². The molecule has 0 aliphatic heterocycles. The van der Waals surface area contributed by atoms with Crippen LogP contribution in [-0.4, -0.2) is 18.9 Å². The third kappa shape index (κ3) is 4.46. The van der Waals surface area contributed by atoms with Crippen LogP contribution in [0.25, 0.3) is 10.9 Å². The molecule has 0 radical (unpaired) electrons. The number of carbonyl (C=O) groups excluding carboxylic acids is 1. The van der Waals surface area contributed by atoms with Gasteiger partial charge >= 0.3 is 0 Å². The van der Waals surface area contributed by atoms with Crippen LogP contribution in [0.4, 0.5) is 5.69 Å². The van der Waals surface area contributed by atoms with Gasteiger partial charge in [-0.15, -0.1) is 0 Å². The molecule has 164 valence electrons. The second-order valence-electron chi connectivity index (χ2n) is 8.18. The molecule has 0 saturated heterocycles. The Hall–Kier alpha value is -3.38. The van der Waals surface area contributed by atoms with Crippen molar-refractivity contribution in [2.75, 3.05) is 5.32 Å². The summed E-state index contributed by atoms with van der Waals surface area (Å²) >= 11 is 0. The van der Waals surface area contributed by atoms with E-state index in [1.807, 2.05) is 81.4 Å². The van der Waals surface area contributed by atoms with Crippen molar-refractivity contribution in [3.63, 3.8) is 0 Å². The van der Waals surface area contributed by atoms with Crippen molar-refractivity contribution < 1.29 is 13.2 Å². The normalized spacial score (nSPS) is 11.6. The van der Waals surface area contributed by atoms with Gasteiger partial charge in [-0.2, -0.15) is 0 Å². The van der Waals surface area contributed by atoms with Crippen LogP contribution in [0.5, 0.6) is 0 Å². The number of carbonyl (C=O) groups is 1. The van der Waals surface area contributed by atoms with Crippen LogP contribution in [0.3, 0.4) is 0 Å². The summed E-state index contributed by atoms with van der Waals surface area (Å²) in [7, 11) is -3.59. The zero-order chi connectivity index (χ0) is 22.9. The van der Waals surface area contributed by atoms with Crippen molar-refractivity contribution in [3.05, 3.63) is 95.2 Å². The van der Waals surface area contributed by atoms with Gasteiger partial charge in [0.15, 0.2) is 9.84 Å². The Balaban J connectivity index is 1.64. The fourth-order valence-corrected chi connectivity index (χ4v) is 5.39. The molecule has 0 bridgehead atoms. The highest BCUT2D eigenvalue weighted by Gasteiger charge is 2.22. The molecule has 32 heavy (non-hydrogen) atoms. The molecule has 0 fully saturated rings. The number of rotatable bonds is 6. The lowest BCUT2D eigenvalue weighted by atomic mass is 10.1. The van der Waals surface area contributed by atoms with E-state index < -0.39 is 9.84 Å². The molecule has 0 saturated carbocycles. The van der Waals surface area contributed by atoms with Crippen molar-refractivity contribution in [1.29, 1.82) is 0 Å². The van der Waals surface area contributed by atoms with E-state index in [2.05, 4.69) is 5.32 Å². The van der Waals surface area contributed by atoms with Crippen molar-refractivity contribution >= 4 is 32.3 Å². The van der Waals surface area contributed by atoms with E-state index in [9.17, 15) is 13.2 Å². The average Bonchev–Trinajstić information content (AvgIpc) is 3.12. The highest BCUT2D eigenvalue weighted by atomic mass is 32.2. The third-order valence-corrected chi connectivity index (χ3v) is 7.47. The zero-order valence-corrected chi connectivity index (χ0v) is 19.2. The molecule has 5 nitrogen and oxygen atoms in total. The maximum Gasteiger partial charge on any atom is 0.244 e. The van der Waals surface area contributed by atoms with Gasteiger partial charge in [0.2, 0.25) is 5.91 Å². The summed E-state index contributed by atoms with van der Waals surface area (Å²) in [6.07, 6.45) is 1.58. The smallest absolute Gasteiger partial charge is 0.244 e. The molecular weight excluding hydrogens is 420 g/mol. The van der Waals surface area contributed by atoms with E-state index in [0.29, 0.717) is 10.9 Å². The van der Waals surface area contributed by atoms with Crippen molar-refractivity contribution in [2.45, 2.75) is 38.0 Å². The fourth-order valence-electron chi connectivity index (χ4n) is 3.80. The van der Waals surface area contributed by atoms with Crippen molar-refractivity contribution in [2.24, 2.45) is 0 Å². The average molecular weight is 447 g/mol. The molecule has 0 aliphatic rings. The van der Waals surface area contributed by atoms with Gasteiger partial charge in [-0.3, -0.25) is 4.79 Å². The minimum Gasteiger partial charge on any atom is -0.337 e. The Bertz CT molecular complexity index is 1400. The van der Waals surface area contributed by atoms with Gasteiger partial charge in [0.25, 0.3) is 0 Å². The molecular formula is C26H26N2O3S. The van der Waals surface area contributed by atoms with Crippen LogP contribution >= 0.6 is 0 Å². The Labute approximate surface area is 188 Å². The number of amides is 1. The van der Waals surface area contributed by atoms with Crippen LogP contribution in [0.2, 0.25) is 0 Å². The quantitative estimate of drug-likeness (QED) is 0.444. The van der Waals surface area contributed by atoms with E-state index in [-0.39, 0.29) is 23.1 Å². The number of aromatic nitrogens is 1. The standard InChI is InChI=1S/C26H26N2O3S/c1-18-11-13-21(14-12-18)17-32(30,31)25-15-28(24-10-5-4-8-22(24)25)16-26(29)27-23-9-6-7-19(2)20(23)3/h4-15H,16-17H2,1-3H3,(H,27,29). The van der Waals surface area contributed by atoms with Gasteiger partial charge in [-0.25, -0.2) is 8.42 Å². The highest BCUT2D eigenvalue weighted by molar-refractivity contribution is 7.90. The number of para-hydroxylation sites is 1.